The van der Waals surface area contributed by atoms with Crippen LogP contribution in [0.15, 0.2) is 0 Å². The van der Waals surface area contributed by atoms with Crippen molar-refractivity contribution in [1.82, 2.24) is 9.36 Å². The summed E-state index contributed by atoms with van der Waals surface area (Å²) in [5.74, 6) is 1.53. The number of ether oxygens (including phenoxy) is 1. The van der Waals surface area contributed by atoms with Crippen LogP contribution in [0.2, 0.25) is 0 Å². The van der Waals surface area contributed by atoms with Gasteiger partial charge >= 0.3 is 0 Å². The Kier molecular flexibility index (Phi) is 6.33. The number of nitrogens with one attached hydrogen (secondary N) is 1. The lowest BCUT2D eigenvalue weighted by atomic mass is 10.2. The SMILES string of the molecule is CCc1nsc(NCCCOCC(C)C)n1. The van der Waals surface area contributed by atoms with Crippen LogP contribution in [0, 0.1) is 5.92 Å². The Hall–Kier alpha value is -0.680. The lowest BCUT2D eigenvalue weighted by Crippen LogP contribution is -2.08. The van der Waals surface area contributed by atoms with E-state index in [-0.39, 0.29) is 0 Å². The Morgan fingerprint density at radius 1 is 1.44 bits per heavy atom. The predicted octanol–water partition coefficient (Wildman–Crippen LogP) is 2.58. The number of hydrogen-bond acceptors (Lipinski definition) is 5. The van der Waals surface area contributed by atoms with Crippen molar-refractivity contribution in [2.24, 2.45) is 5.92 Å². The molecule has 0 aromatic carbocycles. The van der Waals surface area contributed by atoms with Gasteiger partial charge in [-0.1, -0.05) is 20.8 Å². The fourth-order valence-corrected chi connectivity index (χ4v) is 1.83. The first-order chi connectivity index (χ1) is 7.72. The summed E-state index contributed by atoms with van der Waals surface area (Å²) in [4.78, 5) is 4.33. The Labute approximate surface area is 102 Å². The maximum Gasteiger partial charge on any atom is 0.202 e. The summed E-state index contributed by atoms with van der Waals surface area (Å²) in [6.07, 6.45) is 1.91. The second-order valence-electron chi connectivity index (χ2n) is 4.12. The van der Waals surface area contributed by atoms with Crippen LogP contribution >= 0.6 is 11.5 Å². The first-order valence-electron chi connectivity index (χ1n) is 5.86. The average molecular weight is 243 g/mol. The van der Waals surface area contributed by atoms with Crippen LogP contribution in [0.4, 0.5) is 5.13 Å². The van der Waals surface area contributed by atoms with Crippen LogP contribution < -0.4 is 5.32 Å². The Morgan fingerprint density at radius 3 is 2.88 bits per heavy atom. The van der Waals surface area contributed by atoms with E-state index >= 15 is 0 Å². The summed E-state index contributed by atoms with van der Waals surface area (Å²) in [6, 6.07) is 0. The second-order valence-corrected chi connectivity index (χ2v) is 4.87. The third-order valence-electron chi connectivity index (χ3n) is 1.98. The number of aryl methyl sites for hydroxylation is 1. The van der Waals surface area contributed by atoms with Crippen molar-refractivity contribution < 1.29 is 4.74 Å². The fraction of sp³-hybridized carbons (Fsp3) is 0.818. The zero-order valence-corrected chi connectivity index (χ0v) is 11.1. The third-order valence-corrected chi connectivity index (χ3v) is 2.69. The number of anilines is 1. The molecule has 1 rings (SSSR count). The molecule has 1 aromatic rings. The van der Waals surface area contributed by atoms with Gasteiger partial charge in [-0.2, -0.15) is 4.37 Å². The van der Waals surface area contributed by atoms with E-state index in [0.717, 1.165) is 43.6 Å². The van der Waals surface area contributed by atoms with Crippen molar-refractivity contribution in [1.29, 1.82) is 0 Å². The number of rotatable bonds is 8. The minimum atomic E-state index is 0.614. The van der Waals surface area contributed by atoms with Crippen molar-refractivity contribution >= 4 is 16.7 Å². The molecule has 0 radical (unpaired) electrons. The quantitative estimate of drug-likeness (QED) is 0.713. The Morgan fingerprint density at radius 2 is 2.25 bits per heavy atom. The van der Waals surface area contributed by atoms with E-state index in [9.17, 15) is 0 Å². The van der Waals surface area contributed by atoms with Crippen molar-refractivity contribution in [2.45, 2.75) is 33.6 Å². The molecule has 0 atom stereocenters. The summed E-state index contributed by atoms with van der Waals surface area (Å²) in [5.41, 5.74) is 0. The van der Waals surface area contributed by atoms with Crippen molar-refractivity contribution in [3.05, 3.63) is 5.82 Å². The minimum Gasteiger partial charge on any atom is -0.381 e. The van der Waals surface area contributed by atoms with E-state index in [0.29, 0.717) is 5.92 Å². The lowest BCUT2D eigenvalue weighted by molar-refractivity contribution is 0.110. The normalized spacial score (nSPS) is 11.0. The molecule has 0 amide bonds. The van der Waals surface area contributed by atoms with Gasteiger partial charge in [0.2, 0.25) is 5.13 Å². The van der Waals surface area contributed by atoms with E-state index in [4.69, 9.17) is 4.74 Å². The van der Waals surface area contributed by atoms with Crippen molar-refractivity contribution in [3.63, 3.8) is 0 Å². The molecule has 1 heterocycles. The molecule has 0 unspecified atom stereocenters. The van der Waals surface area contributed by atoms with Crippen molar-refractivity contribution in [2.75, 3.05) is 25.1 Å². The average Bonchev–Trinajstić information content (AvgIpc) is 2.70. The molecule has 5 heteroatoms. The molecule has 0 saturated carbocycles. The highest BCUT2D eigenvalue weighted by molar-refractivity contribution is 7.09. The van der Waals surface area contributed by atoms with E-state index in [1.807, 2.05) is 0 Å². The molecule has 4 nitrogen and oxygen atoms in total. The Bertz CT molecular complexity index is 289. The van der Waals surface area contributed by atoms with E-state index in [1.165, 1.54) is 11.5 Å². The Balaban J connectivity index is 2.02. The van der Waals surface area contributed by atoms with Gasteiger partial charge in [-0.3, -0.25) is 0 Å². The maximum absolute atomic E-state index is 5.49. The van der Waals surface area contributed by atoms with E-state index in [2.05, 4.69) is 35.4 Å². The van der Waals surface area contributed by atoms with Gasteiger partial charge in [0.25, 0.3) is 0 Å². The van der Waals surface area contributed by atoms with Gasteiger partial charge < -0.3 is 10.1 Å². The highest BCUT2D eigenvalue weighted by Crippen LogP contribution is 2.10. The van der Waals surface area contributed by atoms with Gasteiger partial charge in [0, 0.05) is 37.7 Å². The van der Waals surface area contributed by atoms with E-state index < -0.39 is 0 Å². The predicted molar refractivity (Wildman–Crippen MR) is 68.1 cm³/mol. The summed E-state index contributed by atoms with van der Waals surface area (Å²) >= 11 is 1.43. The zero-order chi connectivity index (χ0) is 11.8. The molecule has 0 aliphatic rings. The van der Waals surface area contributed by atoms with Crippen LogP contribution in [0.1, 0.15) is 33.0 Å². The standard InChI is InChI=1S/C11H21N3OS/c1-4-10-13-11(16-14-10)12-6-5-7-15-8-9(2)3/h9H,4-8H2,1-3H3,(H,12,13,14). The molecule has 0 bridgehead atoms. The topological polar surface area (TPSA) is 47.0 Å². The van der Waals surface area contributed by atoms with Crippen LogP contribution in [0.3, 0.4) is 0 Å². The van der Waals surface area contributed by atoms with Gasteiger partial charge in [0.15, 0.2) is 0 Å². The molecular formula is C11H21N3OS. The smallest absolute Gasteiger partial charge is 0.202 e. The number of aromatic nitrogens is 2. The fourth-order valence-electron chi connectivity index (χ4n) is 1.16. The maximum atomic E-state index is 5.49. The van der Waals surface area contributed by atoms with Crippen LogP contribution in [-0.2, 0) is 11.2 Å². The summed E-state index contributed by atoms with van der Waals surface area (Å²) in [5, 5.41) is 4.17. The van der Waals surface area contributed by atoms with Gasteiger partial charge in [-0.25, -0.2) is 4.98 Å². The lowest BCUT2D eigenvalue weighted by Gasteiger charge is -2.06. The molecule has 0 aliphatic carbocycles. The first-order valence-corrected chi connectivity index (χ1v) is 6.64. The molecule has 0 aliphatic heterocycles. The molecule has 0 fully saturated rings. The summed E-state index contributed by atoms with van der Waals surface area (Å²) < 4.78 is 9.70. The molecule has 1 N–H and O–H groups in total. The molecule has 1 aromatic heterocycles. The molecule has 0 saturated heterocycles. The molecular weight excluding hydrogens is 222 g/mol. The second kappa shape index (κ2) is 7.57. The molecule has 0 spiro atoms. The van der Waals surface area contributed by atoms with Crippen LogP contribution in [0.25, 0.3) is 0 Å². The number of nitrogens with zero attached hydrogens (tertiary/aromatic N) is 2. The highest BCUT2D eigenvalue weighted by atomic mass is 32.1. The first kappa shape index (κ1) is 13.4. The van der Waals surface area contributed by atoms with E-state index in [1.54, 1.807) is 0 Å². The largest absolute Gasteiger partial charge is 0.381 e. The van der Waals surface area contributed by atoms with Crippen molar-refractivity contribution in [3.8, 4) is 0 Å². The zero-order valence-electron chi connectivity index (χ0n) is 10.3. The molecule has 16 heavy (non-hydrogen) atoms. The van der Waals surface area contributed by atoms with Gasteiger partial charge in [-0.05, 0) is 12.3 Å². The van der Waals surface area contributed by atoms with Gasteiger partial charge in [-0.15, -0.1) is 0 Å². The summed E-state index contributed by atoms with van der Waals surface area (Å²) in [6.45, 7) is 8.93. The third kappa shape index (κ3) is 5.42. The van der Waals surface area contributed by atoms with Crippen LogP contribution in [-0.4, -0.2) is 29.1 Å². The van der Waals surface area contributed by atoms with Gasteiger partial charge in [0.1, 0.15) is 5.82 Å². The number of hydrogen-bond donors (Lipinski definition) is 1. The monoisotopic (exact) mass is 243 g/mol. The molecule has 92 valence electrons. The summed E-state index contributed by atoms with van der Waals surface area (Å²) in [7, 11) is 0. The minimum absolute atomic E-state index is 0.614. The van der Waals surface area contributed by atoms with Gasteiger partial charge in [0.05, 0.1) is 0 Å². The van der Waals surface area contributed by atoms with Crippen LogP contribution in [0.5, 0.6) is 0 Å². The highest BCUT2D eigenvalue weighted by Gasteiger charge is 2.00.